The molecule has 0 saturated carbocycles. The zero-order valence-electron chi connectivity index (χ0n) is 77.3. The minimum absolute atomic E-state index is 0.0636. The van der Waals surface area contributed by atoms with Crippen LogP contribution in [-0.4, -0.2) is 340 Å². The number of methoxy groups -OCH3 is 2. The molecule has 0 unspecified atom stereocenters. The van der Waals surface area contributed by atoms with Crippen molar-refractivity contribution < 1.29 is 136 Å². The second-order valence-electron chi connectivity index (χ2n) is 37.6. The van der Waals surface area contributed by atoms with Gasteiger partial charge in [-0.2, -0.15) is 0 Å². The van der Waals surface area contributed by atoms with Crippen LogP contribution in [0, 0.1) is 35.5 Å². The van der Waals surface area contributed by atoms with Crippen LogP contribution in [0.15, 0.2) is 30.3 Å². The Morgan fingerprint density at radius 1 is 0.558 bits per heavy atom. The van der Waals surface area contributed by atoms with Gasteiger partial charge in [0.05, 0.1) is 95.7 Å². The van der Waals surface area contributed by atoms with Crippen LogP contribution in [0.2, 0.25) is 0 Å². The lowest BCUT2D eigenvalue weighted by Crippen LogP contribution is -2.61. The number of aliphatic hydroxyl groups excluding tert-OH is 5. The standard InChI is InChI=1S/C51H86N2O16.C37H70N2O12/c1-17-38-51(12,60)42(54)32(6)53(15)26-28(2)24-49(10,59)44(30(4)40(31(5)45(56)66-38)67-39-25-50(11,61-16)43(55)33(7)64-39)69-48-41(37(52(13)14)23-29(3)63-48)68-47(58)35(9)65-46(57)34(8)62-27-36-21-19-18-20-22-36;1-14-26-37(10,45)30(41)23(6)39(12)18-19(2)16-35(8,44)32(51-34-28(40)25(38-11)15-20(3)47-34)21(4)29(22(5)33(43)49-26)50-27-17-36(9,46-13)31(42)24(7)48-27/h18-22,28-35,37-44,48,54-55,59-60H,17,23-27H2,1-16H3;19-32,34,38,40-42,44-45H,14-18H2,1-13H3/t28-,29-,30+,31-,32-,33+,34-,35+,37+,38-,39+,40+,41-,42-,43+,44-,48+,49-,50-,51-;19-,20-,21+,22-,23-,24+,25+,26-,27+,28-,29+,30-,31+,32-,34+,35-,36-,37-/m11/s1. The summed E-state index contributed by atoms with van der Waals surface area (Å²) in [5, 5.41) is 109. The van der Waals surface area contributed by atoms with Crippen LogP contribution in [0.5, 0.6) is 0 Å². The molecule has 6 heterocycles. The van der Waals surface area contributed by atoms with Crippen LogP contribution in [0.1, 0.15) is 209 Å². The van der Waals surface area contributed by atoms with E-state index in [1.165, 1.54) is 35.0 Å². The summed E-state index contributed by atoms with van der Waals surface area (Å²) >= 11 is 0. The molecule has 6 fully saturated rings. The fourth-order valence-corrected chi connectivity index (χ4v) is 18.8. The number of carbonyl (C=O) groups excluding carboxylic acids is 4. The molecule has 32 nitrogen and oxygen atoms in total. The molecular formula is C88H156N4O28. The summed E-state index contributed by atoms with van der Waals surface area (Å²) in [5.41, 5.74) is -8.19. The van der Waals surface area contributed by atoms with E-state index in [1.807, 2.05) is 108 Å². The highest BCUT2D eigenvalue weighted by molar-refractivity contribution is 5.81. The third-order valence-corrected chi connectivity index (χ3v) is 26.7. The molecule has 0 radical (unpaired) electrons. The van der Waals surface area contributed by atoms with E-state index in [0.29, 0.717) is 25.9 Å². The average molecular weight is 1720 g/mol. The molecule has 32 heteroatoms. The molecule has 0 amide bonds. The van der Waals surface area contributed by atoms with Gasteiger partial charge in [0.15, 0.2) is 43.5 Å². The Bertz CT molecular complexity index is 3310. The van der Waals surface area contributed by atoms with E-state index < -0.39 is 228 Å². The number of likely N-dealkylation sites (N-methyl/N-ethyl adjacent to an activating group) is 4. The van der Waals surface area contributed by atoms with Gasteiger partial charge in [-0.25, -0.2) is 9.59 Å². The number of benzene rings is 1. The van der Waals surface area contributed by atoms with Crippen LogP contribution in [0.4, 0.5) is 0 Å². The molecule has 0 spiro atoms. The Morgan fingerprint density at radius 3 is 1.37 bits per heavy atom. The Labute approximate surface area is 714 Å². The summed E-state index contributed by atoms with van der Waals surface area (Å²) in [6.07, 6.45) is -20.3. The number of esters is 4. The maximum atomic E-state index is 14.5. The number of nitrogens with zero attached hydrogens (tertiary/aromatic N) is 3. The van der Waals surface area contributed by atoms with Crippen molar-refractivity contribution in [3.05, 3.63) is 35.9 Å². The molecule has 10 N–H and O–H groups in total. The average Bonchev–Trinajstić information content (AvgIpc) is 1.26. The van der Waals surface area contributed by atoms with Crippen molar-refractivity contribution in [2.45, 2.75) is 403 Å². The van der Waals surface area contributed by atoms with E-state index in [-0.39, 0.29) is 69.1 Å². The first-order valence-electron chi connectivity index (χ1n) is 43.5. The third-order valence-electron chi connectivity index (χ3n) is 26.7. The quantitative estimate of drug-likeness (QED) is 0.0533. The second kappa shape index (κ2) is 44.2. The van der Waals surface area contributed by atoms with Gasteiger partial charge in [-0.1, -0.05) is 71.9 Å². The summed E-state index contributed by atoms with van der Waals surface area (Å²) < 4.78 is 93.4. The zero-order valence-corrected chi connectivity index (χ0v) is 77.3. The van der Waals surface area contributed by atoms with Crippen LogP contribution in [-0.2, 0) is 96.8 Å². The number of rotatable bonds is 21. The van der Waals surface area contributed by atoms with Crippen molar-refractivity contribution in [1.82, 2.24) is 20.0 Å². The van der Waals surface area contributed by atoms with Crippen LogP contribution in [0.25, 0.3) is 0 Å². The minimum Gasteiger partial charge on any atom is -0.459 e. The first-order valence-corrected chi connectivity index (χ1v) is 43.5. The predicted octanol–water partition coefficient (Wildman–Crippen LogP) is 5.55. The highest BCUT2D eigenvalue weighted by atomic mass is 16.7. The van der Waals surface area contributed by atoms with Gasteiger partial charge in [0.1, 0.15) is 53.9 Å². The monoisotopic (exact) mass is 1720 g/mol. The van der Waals surface area contributed by atoms with E-state index in [4.69, 9.17) is 71.1 Å². The van der Waals surface area contributed by atoms with Gasteiger partial charge in [0.2, 0.25) is 0 Å². The van der Waals surface area contributed by atoms with Crippen molar-refractivity contribution in [3.63, 3.8) is 0 Å². The number of aliphatic hydroxyl groups is 9. The molecule has 696 valence electrons. The normalized spacial score (nSPS) is 44.9. The summed E-state index contributed by atoms with van der Waals surface area (Å²) in [7, 11) is 12.1. The van der Waals surface area contributed by atoms with E-state index in [1.54, 1.807) is 104 Å². The van der Waals surface area contributed by atoms with Crippen molar-refractivity contribution in [2.24, 2.45) is 35.5 Å². The van der Waals surface area contributed by atoms with Crippen molar-refractivity contribution in [2.75, 3.05) is 62.5 Å². The molecule has 1 aromatic carbocycles. The van der Waals surface area contributed by atoms with Crippen LogP contribution >= 0.6 is 0 Å². The molecular weight excluding hydrogens is 1560 g/mol. The molecule has 0 aliphatic carbocycles. The number of nitrogens with one attached hydrogen (secondary N) is 1. The molecule has 6 saturated heterocycles. The van der Waals surface area contributed by atoms with E-state index in [0.717, 1.165) is 5.56 Å². The van der Waals surface area contributed by atoms with Crippen LogP contribution in [0.3, 0.4) is 0 Å². The third kappa shape index (κ3) is 26.0. The van der Waals surface area contributed by atoms with Crippen molar-refractivity contribution >= 4 is 23.9 Å². The van der Waals surface area contributed by atoms with Gasteiger partial charge in [0, 0.05) is 70.1 Å². The molecule has 6 aliphatic rings. The smallest absolute Gasteiger partial charge is 0.347 e. The molecule has 6 aliphatic heterocycles. The number of ether oxygens (including phenoxy) is 15. The second-order valence-corrected chi connectivity index (χ2v) is 37.6. The van der Waals surface area contributed by atoms with E-state index >= 15 is 0 Å². The summed E-state index contributed by atoms with van der Waals surface area (Å²) in [6, 6.07) is 7.39. The molecule has 1 aromatic rings. The number of carbonyl (C=O) groups is 4. The first kappa shape index (κ1) is 105. The first-order chi connectivity index (χ1) is 55.6. The minimum atomic E-state index is -1.87. The number of hydrogen-bond acceptors (Lipinski definition) is 32. The van der Waals surface area contributed by atoms with Crippen molar-refractivity contribution in [1.29, 1.82) is 0 Å². The van der Waals surface area contributed by atoms with Gasteiger partial charge >= 0.3 is 23.9 Å². The van der Waals surface area contributed by atoms with E-state index in [2.05, 4.69) is 5.32 Å². The summed E-state index contributed by atoms with van der Waals surface area (Å²) in [5.74, 6) is -7.21. The van der Waals surface area contributed by atoms with E-state index in [9.17, 15) is 65.1 Å². The van der Waals surface area contributed by atoms with Gasteiger partial charge in [-0.15, -0.1) is 0 Å². The van der Waals surface area contributed by atoms with Crippen LogP contribution < -0.4 is 5.32 Å². The Morgan fingerprint density at radius 2 is 0.967 bits per heavy atom. The summed E-state index contributed by atoms with van der Waals surface area (Å²) in [4.78, 5) is 61.5. The molecule has 38 atom stereocenters. The largest absolute Gasteiger partial charge is 0.459 e. The fraction of sp³-hybridized carbons (Fsp3) is 0.886. The Hall–Kier alpha value is -3.86. The highest BCUT2D eigenvalue weighted by Crippen LogP contribution is 2.44. The van der Waals surface area contributed by atoms with Gasteiger partial charge < -0.3 is 137 Å². The zero-order chi connectivity index (χ0) is 90.7. The maximum absolute atomic E-state index is 14.5. The fourth-order valence-electron chi connectivity index (χ4n) is 18.8. The lowest BCUT2D eigenvalue weighted by Gasteiger charge is -2.49. The number of hydrogen-bond donors (Lipinski definition) is 10. The lowest BCUT2D eigenvalue weighted by molar-refractivity contribution is -0.319. The molecule has 0 bridgehead atoms. The van der Waals surface area contributed by atoms with Crippen molar-refractivity contribution in [3.8, 4) is 0 Å². The Kier molecular flexibility index (Phi) is 38.7. The maximum Gasteiger partial charge on any atom is 0.347 e. The molecule has 120 heavy (non-hydrogen) atoms. The predicted molar refractivity (Wildman–Crippen MR) is 444 cm³/mol. The summed E-state index contributed by atoms with van der Waals surface area (Å²) in [6.45, 7) is 38.7. The van der Waals surface area contributed by atoms with Gasteiger partial charge in [-0.05, 0) is 202 Å². The van der Waals surface area contributed by atoms with Gasteiger partial charge in [-0.3, -0.25) is 9.59 Å². The highest BCUT2D eigenvalue weighted by Gasteiger charge is 2.57. The Balaban J connectivity index is 0.000000389. The topological polar surface area (TPSA) is 411 Å². The SMILES string of the molecule is CC[C@H]1OC(=O)[C@H](C)[C@@H](O[C@H]2C[C@@](C)(OC)[C@@H](O)[C@H](C)O2)[C@H](C)[C@@H](O[C@@H]2O[C@H](C)C[C@H](N(C)C)[C@H]2OC(=O)[C@H](C)OC(=O)[C@@H](C)OCc2ccccc2)[C@](C)(O)C[C@@H](C)CN(C)[C@H](C)[C@@H](O)[C@]1(C)O.CC[C@H]1OC(=O)[C@H](C)[C@@H](O[C@H]2C[C@@](C)(OC)[C@@H](O)[C@H](C)O2)[C@H](C)[C@@H](O[C@@H]2O[C@H](C)C[C@H](NC)[C@H]2O)[C@](C)(O)C[C@@H](C)CN(C)[C@H](C)[C@@H](O)[C@]1(C)O. The molecule has 0 aromatic heterocycles. The lowest BCUT2D eigenvalue weighted by atomic mass is 9.77. The van der Waals surface area contributed by atoms with Gasteiger partial charge in [0.25, 0.3) is 0 Å². The number of cyclic esters (lactones) is 2. The molecule has 7 rings (SSSR count).